The lowest BCUT2D eigenvalue weighted by Gasteiger charge is -2.19. The highest BCUT2D eigenvalue weighted by atomic mass is 16.2. The zero-order valence-corrected chi connectivity index (χ0v) is 15.0. The fraction of sp³-hybridized carbons (Fsp3) is 0.182. The molecule has 0 unspecified atom stereocenters. The van der Waals surface area contributed by atoms with E-state index in [0.717, 1.165) is 17.0 Å². The number of hydrogen-bond acceptors (Lipinski definition) is 2. The van der Waals surface area contributed by atoms with E-state index < -0.39 is 0 Å². The van der Waals surface area contributed by atoms with Crippen molar-refractivity contribution in [1.29, 1.82) is 0 Å². The van der Waals surface area contributed by atoms with Gasteiger partial charge in [-0.15, -0.1) is 0 Å². The molecule has 26 heavy (non-hydrogen) atoms. The molecule has 3 rings (SSSR count). The maximum Gasteiger partial charge on any atom is 0.261 e. The van der Waals surface area contributed by atoms with Crippen molar-refractivity contribution in [3.8, 4) is 0 Å². The molecule has 132 valence electrons. The van der Waals surface area contributed by atoms with Crippen LogP contribution >= 0.6 is 0 Å². The second-order valence-corrected chi connectivity index (χ2v) is 6.22. The Morgan fingerprint density at radius 2 is 1.62 bits per heavy atom. The molecule has 4 heteroatoms. The highest BCUT2D eigenvalue weighted by Gasteiger charge is 2.19. The molecule has 0 spiro atoms. The summed E-state index contributed by atoms with van der Waals surface area (Å²) in [5, 5.41) is 2.83. The Hall–Kier alpha value is -3.14. The van der Waals surface area contributed by atoms with Gasteiger partial charge in [0.25, 0.3) is 5.91 Å². The second kappa shape index (κ2) is 7.83. The smallest absolute Gasteiger partial charge is 0.261 e. The van der Waals surface area contributed by atoms with E-state index in [1.165, 1.54) is 0 Å². The first-order chi connectivity index (χ1) is 12.6. The summed E-state index contributed by atoms with van der Waals surface area (Å²) in [6.45, 7) is 4.50. The van der Waals surface area contributed by atoms with Gasteiger partial charge in [0.2, 0.25) is 0 Å². The van der Waals surface area contributed by atoms with Gasteiger partial charge < -0.3 is 9.88 Å². The molecule has 0 fully saturated rings. The summed E-state index contributed by atoms with van der Waals surface area (Å²) in [6.07, 6.45) is 0.599. The van der Waals surface area contributed by atoms with Crippen LogP contribution in [0.25, 0.3) is 0 Å². The number of amides is 1. The van der Waals surface area contributed by atoms with Crippen LogP contribution in [0.4, 0.5) is 5.69 Å². The van der Waals surface area contributed by atoms with Gasteiger partial charge in [-0.2, -0.15) is 0 Å². The molecule has 0 aliphatic heterocycles. The number of carbonyl (C=O) groups excluding carboxylic acids is 1. The standard InChI is InChI=1S/C22H22N2O2/c1-3-19-21(22(26)23-18-12-8-5-9-13-18)20(25)14-16(2)24(19)15-17-10-6-4-7-11-17/h4-14H,3,15H2,1-2H3,(H,23,26). The highest BCUT2D eigenvalue weighted by molar-refractivity contribution is 6.05. The third kappa shape index (κ3) is 3.75. The molecule has 1 amide bonds. The minimum Gasteiger partial charge on any atom is -0.343 e. The zero-order chi connectivity index (χ0) is 18.5. The fourth-order valence-corrected chi connectivity index (χ4v) is 3.14. The third-order valence-corrected chi connectivity index (χ3v) is 4.40. The number of nitrogens with one attached hydrogen (secondary N) is 1. The minimum absolute atomic E-state index is 0.220. The quantitative estimate of drug-likeness (QED) is 0.758. The molecule has 2 aromatic carbocycles. The van der Waals surface area contributed by atoms with E-state index in [4.69, 9.17) is 0 Å². The second-order valence-electron chi connectivity index (χ2n) is 6.22. The lowest BCUT2D eigenvalue weighted by Crippen LogP contribution is -2.28. The van der Waals surface area contributed by atoms with Gasteiger partial charge in [0, 0.05) is 29.7 Å². The Bertz CT molecular complexity index is 961. The molecule has 0 aliphatic rings. The average Bonchev–Trinajstić information content (AvgIpc) is 2.65. The van der Waals surface area contributed by atoms with Crippen LogP contribution in [0, 0.1) is 6.92 Å². The minimum atomic E-state index is -0.361. The molecule has 0 atom stereocenters. The van der Waals surface area contributed by atoms with Crippen LogP contribution in [0.15, 0.2) is 71.5 Å². The van der Waals surface area contributed by atoms with Crippen LogP contribution in [0.5, 0.6) is 0 Å². The summed E-state index contributed by atoms with van der Waals surface area (Å²) < 4.78 is 2.05. The van der Waals surface area contributed by atoms with Gasteiger partial charge in [-0.1, -0.05) is 55.5 Å². The van der Waals surface area contributed by atoms with Crippen LogP contribution < -0.4 is 10.7 Å². The van der Waals surface area contributed by atoms with Crippen LogP contribution in [-0.2, 0) is 13.0 Å². The third-order valence-electron chi connectivity index (χ3n) is 4.40. The predicted octanol–water partition coefficient (Wildman–Crippen LogP) is 4.02. The molecular weight excluding hydrogens is 324 g/mol. The fourth-order valence-electron chi connectivity index (χ4n) is 3.14. The topological polar surface area (TPSA) is 51.1 Å². The van der Waals surface area contributed by atoms with Gasteiger partial charge >= 0.3 is 0 Å². The van der Waals surface area contributed by atoms with E-state index in [0.29, 0.717) is 18.7 Å². The van der Waals surface area contributed by atoms with E-state index >= 15 is 0 Å². The molecule has 0 saturated carbocycles. The van der Waals surface area contributed by atoms with E-state index in [-0.39, 0.29) is 16.9 Å². The summed E-state index contributed by atoms with van der Waals surface area (Å²) >= 11 is 0. The predicted molar refractivity (Wildman–Crippen MR) is 105 cm³/mol. The van der Waals surface area contributed by atoms with Crippen molar-refractivity contribution in [2.45, 2.75) is 26.8 Å². The zero-order valence-electron chi connectivity index (χ0n) is 15.0. The van der Waals surface area contributed by atoms with Crippen LogP contribution in [0.3, 0.4) is 0 Å². The van der Waals surface area contributed by atoms with Crippen molar-refractivity contribution < 1.29 is 4.79 Å². The number of aromatic nitrogens is 1. The molecular formula is C22H22N2O2. The van der Waals surface area contributed by atoms with Crippen molar-refractivity contribution >= 4 is 11.6 Å². The van der Waals surface area contributed by atoms with E-state index in [1.54, 1.807) is 18.2 Å². The van der Waals surface area contributed by atoms with E-state index in [1.807, 2.05) is 62.4 Å². The summed E-state index contributed by atoms with van der Waals surface area (Å²) in [7, 11) is 0. The number of carbonyl (C=O) groups is 1. The van der Waals surface area contributed by atoms with Crippen molar-refractivity contribution in [1.82, 2.24) is 4.57 Å². The molecule has 0 bridgehead atoms. The number of aryl methyl sites for hydroxylation is 1. The Morgan fingerprint density at radius 3 is 2.23 bits per heavy atom. The number of para-hydroxylation sites is 1. The Kier molecular flexibility index (Phi) is 5.32. The van der Waals surface area contributed by atoms with Gasteiger partial charge in [-0.3, -0.25) is 9.59 Å². The maximum absolute atomic E-state index is 12.8. The van der Waals surface area contributed by atoms with Gasteiger partial charge in [-0.05, 0) is 31.0 Å². The highest BCUT2D eigenvalue weighted by Crippen LogP contribution is 2.15. The molecule has 0 radical (unpaired) electrons. The van der Waals surface area contributed by atoms with Gasteiger partial charge in [-0.25, -0.2) is 0 Å². The number of nitrogens with zero attached hydrogens (tertiary/aromatic N) is 1. The average molecular weight is 346 g/mol. The molecule has 1 aromatic heterocycles. The van der Waals surface area contributed by atoms with Crippen molar-refractivity contribution in [2.75, 3.05) is 5.32 Å². The number of anilines is 1. The Balaban J connectivity index is 2.03. The normalized spacial score (nSPS) is 10.5. The lowest BCUT2D eigenvalue weighted by atomic mass is 10.1. The van der Waals surface area contributed by atoms with Gasteiger partial charge in [0.1, 0.15) is 5.56 Å². The number of pyridine rings is 1. The first kappa shape index (κ1) is 17.7. The summed E-state index contributed by atoms with van der Waals surface area (Å²) in [5.74, 6) is -0.361. The number of benzene rings is 2. The molecule has 0 aliphatic carbocycles. The Morgan fingerprint density at radius 1 is 1.00 bits per heavy atom. The number of rotatable bonds is 5. The van der Waals surface area contributed by atoms with Crippen molar-refractivity contribution in [2.24, 2.45) is 0 Å². The largest absolute Gasteiger partial charge is 0.343 e. The SMILES string of the molecule is CCc1c(C(=O)Nc2ccccc2)c(=O)cc(C)n1Cc1ccccc1. The summed E-state index contributed by atoms with van der Waals surface area (Å²) in [5.41, 5.74) is 3.40. The molecule has 1 heterocycles. The lowest BCUT2D eigenvalue weighted by molar-refractivity contribution is 0.102. The van der Waals surface area contributed by atoms with Crippen LogP contribution in [0.1, 0.15) is 34.2 Å². The first-order valence-electron chi connectivity index (χ1n) is 8.73. The van der Waals surface area contributed by atoms with Crippen molar-refractivity contribution in [3.63, 3.8) is 0 Å². The summed E-state index contributed by atoms with van der Waals surface area (Å²) in [4.78, 5) is 25.4. The van der Waals surface area contributed by atoms with Gasteiger partial charge in [0.15, 0.2) is 5.43 Å². The number of hydrogen-bond donors (Lipinski definition) is 1. The first-order valence-corrected chi connectivity index (χ1v) is 8.73. The molecule has 3 aromatic rings. The Labute approximate surface area is 153 Å². The monoisotopic (exact) mass is 346 g/mol. The van der Waals surface area contributed by atoms with Gasteiger partial charge in [0.05, 0.1) is 0 Å². The summed E-state index contributed by atoms with van der Waals surface area (Å²) in [6, 6.07) is 20.8. The molecule has 1 N–H and O–H groups in total. The van der Waals surface area contributed by atoms with E-state index in [9.17, 15) is 9.59 Å². The maximum atomic E-state index is 12.8. The van der Waals surface area contributed by atoms with Crippen molar-refractivity contribution in [3.05, 3.63) is 99.5 Å². The van der Waals surface area contributed by atoms with Crippen LogP contribution in [-0.4, -0.2) is 10.5 Å². The molecule has 0 saturated heterocycles. The molecule has 4 nitrogen and oxygen atoms in total. The van der Waals surface area contributed by atoms with Crippen LogP contribution in [0.2, 0.25) is 0 Å². The van der Waals surface area contributed by atoms with E-state index in [2.05, 4.69) is 9.88 Å².